The van der Waals surface area contributed by atoms with Crippen molar-refractivity contribution in [1.29, 1.82) is 0 Å². The zero-order valence-corrected chi connectivity index (χ0v) is 15.4. The summed E-state index contributed by atoms with van der Waals surface area (Å²) in [7, 11) is 0. The van der Waals surface area contributed by atoms with Crippen molar-refractivity contribution in [2.24, 2.45) is 46.2 Å². The molecule has 1 unspecified atom stereocenters. The second-order valence-electron chi connectivity index (χ2n) is 10.2. The maximum Gasteiger partial charge on any atom is 0.0543 e. The average Bonchev–Trinajstić information content (AvgIpc) is 2.85. The van der Waals surface area contributed by atoms with Gasteiger partial charge in [0, 0.05) is 6.04 Å². The van der Waals surface area contributed by atoms with Crippen LogP contribution in [0.2, 0.25) is 0 Å². The van der Waals surface area contributed by atoms with Gasteiger partial charge in [-0.25, -0.2) is 0 Å². The highest BCUT2D eigenvalue weighted by Crippen LogP contribution is 2.67. The molecule has 0 aromatic carbocycles. The molecule has 4 fully saturated rings. The van der Waals surface area contributed by atoms with Crippen molar-refractivity contribution in [3.63, 3.8) is 0 Å². The molecule has 0 amide bonds. The van der Waals surface area contributed by atoms with Crippen LogP contribution >= 0.6 is 0 Å². The maximum absolute atomic E-state index is 10.1. The minimum absolute atomic E-state index is 0.0209. The summed E-state index contributed by atoms with van der Waals surface area (Å²) in [6.07, 6.45) is 11.7. The van der Waals surface area contributed by atoms with Crippen LogP contribution < -0.4 is 5.73 Å². The van der Waals surface area contributed by atoms with Gasteiger partial charge in [0.05, 0.1) is 6.10 Å². The third kappa shape index (κ3) is 2.27. The van der Waals surface area contributed by atoms with E-state index < -0.39 is 0 Å². The zero-order chi connectivity index (χ0) is 16.4. The van der Waals surface area contributed by atoms with Crippen LogP contribution in [0.5, 0.6) is 0 Å². The minimum Gasteiger partial charge on any atom is -0.393 e. The van der Waals surface area contributed by atoms with Gasteiger partial charge in [-0.05, 0) is 105 Å². The number of nitrogens with two attached hydrogens (primary N) is 1. The average molecular weight is 320 g/mol. The monoisotopic (exact) mass is 319 g/mol. The molecule has 2 nitrogen and oxygen atoms in total. The van der Waals surface area contributed by atoms with Gasteiger partial charge in [-0.1, -0.05) is 13.8 Å². The van der Waals surface area contributed by atoms with E-state index in [-0.39, 0.29) is 6.10 Å². The van der Waals surface area contributed by atoms with Crippen LogP contribution in [0.4, 0.5) is 0 Å². The highest BCUT2D eigenvalue weighted by molar-refractivity contribution is 5.10. The predicted octanol–water partition coefficient (Wildman–Crippen LogP) is 4.35. The molecule has 4 aliphatic rings. The zero-order valence-electron chi connectivity index (χ0n) is 15.4. The summed E-state index contributed by atoms with van der Waals surface area (Å²) >= 11 is 0. The normalized spacial score (nSPS) is 57.3. The molecule has 0 aromatic rings. The third-order valence-corrected chi connectivity index (χ3v) is 9.35. The lowest BCUT2D eigenvalue weighted by Gasteiger charge is -2.61. The smallest absolute Gasteiger partial charge is 0.0543 e. The van der Waals surface area contributed by atoms with Gasteiger partial charge in [0.1, 0.15) is 0 Å². The number of fused-ring (bicyclic) bond motifs is 5. The summed E-state index contributed by atoms with van der Waals surface area (Å²) in [5.74, 6) is 4.30. The molecule has 23 heavy (non-hydrogen) atoms. The van der Waals surface area contributed by atoms with Gasteiger partial charge in [0.25, 0.3) is 0 Å². The number of rotatable bonds is 1. The molecule has 4 saturated carbocycles. The van der Waals surface area contributed by atoms with Gasteiger partial charge in [0.15, 0.2) is 0 Å². The van der Waals surface area contributed by atoms with E-state index in [1.165, 1.54) is 44.9 Å². The SMILES string of the molecule is CC(N)[C@H]1CC[C@H]2[C@@H]3CC[C@H]4C[C@@H](O)CC[C@]4(C)[C@H]3CC[C@]12C. The van der Waals surface area contributed by atoms with Crippen LogP contribution in [0.1, 0.15) is 78.6 Å². The fraction of sp³-hybridized carbons (Fsp3) is 1.00. The molecule has 0 radical (unpaired) electrons. The van der Waals surface area contributed by atoms with Crippen LogP contribution in [0.15, 0.2) is 0 Å². The Morgan fingerprint density at radius 1 is 0.913 bits per heavy atom. The Morgan fingerprint density at radius 2 is 1.61 bits per heavy atom. The molecule has 2 heteroatoms. The van der Waals surface area contributed by atoms with Crippen molar-refractivity contribution >= 4 is 0 Å². The first-order chi connectivity index (χ1) is 10.9. The van der Waals surface area contributed by atoms with Crippen LogP contribution in [-0.2, 0) is 0 Å². The lowest BCUT2D eigenvalue weighted by molar-refractivity contribution is -0.127. The molecular formula is C21H37NO. The summed E-state index contributed by atoms with van der Waals surface area (Å²) in [4.78, 5) is 0. The molecule has 132 valence electrons. The van der Waals surface area contributed by atoms with Crippen LogP contribution in [0.3, 0.4) is 0 Å². The van der Waals surface area contributed by atoms with E-state index in [0.29, 0.717) is 16.9 Å². The van der Waals surface area contributed by atoms with Crippen LogP contribution in [0, 0.1) is 40.4 Å². The molecule has 0 aliphatic heterocycles. The number of hydrogen-bond acceptors (Lipinski definition) is 2. The number of aliphatic hydroxyl groups is 1. The predicted molar refractivity (Wildman–Crippen MR) is 94.9 cm³/mol. The number of hydrogen-bond donors (Lipinski definition) is 2. The Labute approximate surface area is 142 Å². The Kier molecular flexibility index (Phi) is 3.89. The van der Waals surface area contributed by atoms with Gasteiger partial charge >= 0.3 is 0 Å². The molecule has 3 N–H and O–H groups in total. The van der Waals surface area contributed by atoms with Gasteiger partial charge in [-0.3, -0.25) is 0 Å². The van der Waals surface area contributed by atoms with Gasteiger partial charge in [0.2, 0.25) is 0 Å². The third-order valence-electron chi connectivity index (χ3n) is 9.35. The van der Waals surface area contributed by atoms with Crippen LogP contribution in [0.25, 0.3) is 0 Å². The summed E-state index contributed by atoms with van der Waals surface area (Å²) < 4.78 is 0. The summed E-state index contributed by atoms with van der Waals surface area (Å²) in [6.45, 7) is 7.40. The molecule has 4 rings (SSSR count). The Hall–Kier alpha value is -0.0800. The van der Waals surface area contributed by atoms with Crippen molar-refractivity contribution in [3.05, 3.63) is 0 Å². The van der Waals surface area contributed by atoms with E-state index in [9.17, 15) is 5.11 Å². The van der Waals surface area contributed by atoms with Gasteiger partial charge < -0.3 is 10.8 Å². The van der Waals surface area contributed by atoms with E-state index in [1.807, 2.05) is 0 Å². The first-order valence-electron chi connectivity index (χ1n) is 10.3. The van der Waals surface area contributed by atoms with E-state index in [1.54, 1.807) is 0 Å². The molecule has 4 aliphatic carbocycles. The van der Waals surface area contributed by atoms with E-state index in [0.717, 1.165) is 42.4 Å². The first kappa shape index (κ1) is 16.4. The number of aliphatic hydroxyl groups excluding tert-OH is 1. The second-order valence-corrected chi connectivity index (χ2v) is 10.2. The van der Waals surface area contributed by atoms with Crippen molar-refractivity contribution in [1.82, 2.24) is 0 Å². The van der Waals surface area contributed by atoms with Crippen molar-refractivity contribution in [3.8, 4) is 0 Å². The van der Waals surface area contributed by atoms with E-state index in [2.05, 4.69) is 20.8 Å². The molecule has 9 atom stereocenters. The Balaban J connectivity index is 1.60. The Morgan fingerprint density at radius 3 is 2.35 bits per heavy atom. The van der Waals surface area contributed by atoms with Crippen LogP contribution in [-0.4, -0.2) is 17.3 Å². The van der Waals surface area contributed by atoms with E-state index in [4.69, 9.17) is 5.73 Å². The Bertz CT molecular complexity index is 463. The van der Waals surface area contributed by atoms with Crippen molar-refractivity contribution in [2.45, 2.75) is 90.7 Å². The molecule has 0 aromatic heterocycles. The highest BCUT2D eigenvalue weighted by atomic mass is 16.3. The second kappa shape index (κ2) is 5.46. The molecule has 0 saturated heterocycles. The van der Waals surface area contributed by atoms with Crippen molar-refractivity contribution < 1.29 is 5.11 Å². The highest BCUT2D eigenvalue weighted by Gasteiger charge is 2.60. The summed E-state index contributed by atoms with van der Waals surface area (Å²) in [6, 6.07) is 0.360. The molecule has 0 heterocycles. The fourth-order valence-electron chi connectivity index (χ4n) is 8.14. The summed E-state index contributed by atoms with van der Waals surface area (Å²) in [5.41, 5.74) is 7.39. The minimum atomic E-state index is -0.0209. The standard InChI is InChI=1S/C21H37NO/c1-13(22)17-6-7-18-16-5-4-14-12-15(23)8-10-20(14,2)19(16)9-11-21(17,18)3/h13-19,23H,4-12,22H2,1-3H3/t13?,14-,15-,16-,17+,18-,19-,20-,21+/m0/s1. The molecule has 0 spiro atoms. The van der Waals surface area contributed by atoms with E-state index >= 15 is 0 Å². The molecular weight excluding hydrogens is 282 g/mol. The fourth-order valence-corrected chi connectivity index (χ4v) is 8.14. The molecule has 0 bridgehead atoms. The lowest BCUT2D eigenvalue weighted by atomic mass is 9.44. The quantitative estimate of drug-likeness (QED) is 0.754. The lowest BCUT2D eigenvalue weighted by Crippen LogP contribution is -2.54. The summed E-state index contributed by atoms with van der Waals surface area (Å²) in [5, 5.41) is 10.1. The van der Waals surface area contributed by atoms with Crippen molar-refractivity contribution in [2.75, 3.05) is 0 Å². The first-order valence-corrected chi connectivity index (χ1v) is 10.3. The topological polar surface area (TPSA) is 46.2 Å². The van der Waals surface area contributed by atoms with Gasteiger partial charge in [-0.2, -0.15) is 0 Å². The maximum atomic E-state index is 10.1. The van der Waals surface area contributed by atoms with Gasteiger partial charge in [-0.15, -0.1) is 0 Å². The largest absolute Gasteiger partial charge is 0.393 e.